The number of nitriles is 1. The van der Waals surface area contributed by atoms with Gasteiger partial charge < -0.3 is 9.47 Å². The molecule has 1 rings (SSSR count). The number of nitrogens with zero attached hydrogens (tertiary/aromatic N) is 1. The van der Waals surface area contributed by atoms with Crippen LogP contribution in [-0.4, -0.2) is 19.2 Å². The van der Waals surface area contributed by atoms with Crippen molar-refractivity contribution in [2.45, 2.75) is 39.7 Å². The topological polar surface area (TPSA) is 59.3 Å². The van der Waals surface area contributed by atoms with Gasteiger partial charge in [0, 0.05) is 0 Å². The number of rotatable bonds is 6. The first kappa shape index (κ1) is 16.8. The van der Waals surface area contributed by atoms with E-state index in [4.69, 9.17) is 9.47 Å². The lowest BCUT2D eigenvalue weighted by Gasteiger charge is -2.13. The van der Waals surface area contributed by atoms with E-state index in [2.05, 4.69) is 0 Å². The number of allylic oxidation sites excluding steroid dienone is 1. The van der Waals surface area contributed by atoms with Crippen LogP contribution < -0.4 is 4.74 Å². The maximum Gasteiger partial charge on any atom is 0.349 e. The van der Waals surface area contributed by atoms with Crippen LogP contribution in [0.15, 0.2) is 29.8 Å². The molecular formula is C17H21NO3. The summed E-state index contributed by atoms with van der Waals surface area (Å²) in [6.07, 6.45) is 1.53. The Hall–Kier alpha value is -2.28. The molecule has 1 atom stereocenters. The van der Waals surface area contributed by atoms with Gasteiger partial charge in [0.25, 0.3) is 0 Å². The molecule has 1 aromatic carbocycles. The van der Waals surface area contributed by atoms with E-state index in [-0.39, 0.29) is 11.7 Å². The van der Waals surface area contributed by atoms with Gasteiger partial charge in [-0.1, -0.05) is 25.5 Å². The third-order valence-corrected chi connectivity index (χ3v) is 3.22. The first-order valence-electron chi connectivity index (χ1n) is 6.99. The molecule has 4 heteroatoms. The number of hydrogen-bond donors (Lipinski definition) is 0. The Labute approximate surface area is 126 Å². The predicted molar refractivity (Wildman–Crippen MR) is 81.7 cm³/mol. The summed E-state index contributed by atoms with van der Waals surface area (Å²) in [6, 6.07) is 9.16. The summed E-state index contributed by atoms with van der Waals surface area (Å²) in [5.41, 5.74) is 1.45. The number of esters is 1. The van der Waals surface area contributed by atoms with Gasteiger partial charge >= 0.3 is 5.97 Å². The van der Waals surface area contributed by atoms with Gasteiger partial charge in [-0.15, -0.1) is 0 Å². The van der Waals surface area contributed by atoms with Crippen LogP contribution in [0.4, 0.5) is 0 Å². The highest BCUT2D eigenvalue weighted by molar-refractivity contribution is 6.01. The highest BCUT2D eigenvalue weighted by Crippen LogP contribution is 2.22. The van der Waals surface area contributed by atoms with Gasteiger partial charge in [0.1, 0.15) is 17.4 Å². The Bertz CT molecular complexity index is 552. The molecule has 1 unspecified atom stereocenters. The predicted octanol–water partition coefficient (Wildman–Crippen LogP) is 3.72. The molecule has 0 aliphatic rings. The van der Waals surface area contributed by atoms with Crippen LogP contribution in [0, 0.1) is 11.3 Å². The number of benzene rings is 1. The monoisotopic (exact) mass is 287 g/mol. The molecule has 1 aromatic rings. The van der Waals surface area contributed by atoms with E-state index >= 15 is 0 Å². The van der Waals surface area contributed by atoms with E-state index in [1.807, 2.05) is 32.0 Å². The molecule has 0 fully saturated rings. The van der Waals surface area contributed by atoms with E-state index in [9.17, 15) is 10.1 Å². The summed E-state index contributed by atoms with van der Waals surface area (Å²) < 4.78 is 10.4. The highest BCUT2D eigenvalue weighted by atomic mass is 16.5. The third kappa shape index (κ3) is 4.64. The molecule has 21 heavy (non-hydrogen) atoms. The van der Waals surface area contributed by atoms with E-state index in [1.165, 1.54) is 0 Å². The second kappa shape index (κ2) is 8.11. The number of hydrogen-bond acceptors (Lipinski definition) is 4. The quantitative estimate of drug-likeness (QED) is 0.454. The third-order valence-electron chi connectivity index (χ3n) is 3.22. The molecule has 0 bridgehead atoms. The molecule has 0 N–H and O–H groups in total. The minimum atomic E-state index is -0.563. The van der Waals surface area contributed by atoms with E-state index in [0.717, 1.165) is 24.2 Å². The van der Waals surface area contributed by atoms with E-state index < -0.39 is 5.97 Å². The van der Waals surface area contributed by atoms with Crippen LogP contribution in [0.1, 0.15) is 39.2 Å². The highest BCUT2D eigenvalue weighted by Gasteiger charge is 2.17. The van der Waals surface area contributed by atoms with Crippen molar-refractivity contribution < 1.29 is 14.3 Å². The fraction of sp³-hybridized carbons (Fsp3) is 0.412. The Morgan fingerprint density at radius 1 is 1.33 bits per heavy atom. The maximum atomic E-state index is 12.1. The first-order valence-corrected chi connectivity index (χ1v) is 6.99. The molecule has 0 aliphatic heterocycles. The molecule has 0 spiro atoms. The zero-order chi connectivity index (χ0) is 15.8. The number of ether oxygens (including phenoxy) is 2. The van der Waals surface area contributed by atoms with Gasteiger partial charge in [-0.05, 0) is 43.5 Å². The van der Waals surface area contributed by atoms with Crippen LogP contribution in [-0.2, 0) is 9.53 Å². The zero-order valence-corrected chi connectivity index (χ0v) is 13.0. The summed E-state index contributed by atoms with van der Waals surface area (Å²) in [5.74, 6) is 0.163. The summed E-state index contributed by atoms with van der Waals surface area (Å²) in [5, 5.41) is 9.24. The molecule has 4 nitrogen and oxygen atoms in total. The van der Waals surface area contributed by atoms with Crippen LogP contribution in [0.3, 0.4) is 0 Å². The molecule has 0 aliphatic carbocycles. The second-order valence-electron chi connectivity index (χ2n) is 4.84. The van der Waals surface area contributed by atoms with Gasteiger partial charge in [-0.25, -0.2) is 4.79 Å². The fourth-order valence-electron chi connectivity index (χ4n) is 1.98. The minimum absolute atomic E-state index is 0.0446. The zero-order valence-electron chi connectivity index (χ0n) is 13.0. The van der Waals surface area contributed by atoms with Crippen molar-refractivity contribution in [3.05, 3.63) is 35.4 Å². The minimum Gasteiger partial charge on any atom is -0.497 e. The fourth-order valence-corrected chi connectivity index (χ4v) is 1.98. The van der Waals surface area contributed by atoms with Crippen molar-refractivity contribution in [2.75, 3.05) is 7.11 Å². The van der Waals surface area contributed by atoms with Crippen LogP contribution in [0.2, 0.25) is 0 Å². The smallest absolute Gasteiger partial charge is 0.349 e. The van der Waals surface area contributed by atoms with Crippen molar-refractivity contribution >= 4 is 11.5 Å². The summed E-state index contributed by atoms with van der Waals surface area (Å²) >= 11 is 0. The van der Waals surface area contributed by atoms with Gasteiger partial charge in [0.05, 0.1) is 13.2 Å². The molecule has 0 heterocycles. The van der Waals surface area contributed by atoms with Crippen LogP contribution >= 0.6 is 0 Å². The Kier molecular flexibility index (Phi) is 6.48. The van der Waals surface area contributed by atoms with Gasteiger partial charge in [-0.2, -0.15) is 5.26 Å². The molecular weight excluding hydrogens is 266 g/mol. The van der Waals surface area contributed by atoms with Crippen molar-refractivity contribution in [1.82, 2.24) is 0 Å². The standard InChI is InChI=1S/C17H21NO3/c1-5-6-12(2)21-17(19)16(11-18)13(3)14-7-9-15(20-4)10-8-14/h7-10,12H,5-6H2,1-4H3. The second-order valence-corrected chi connectivity index (χ2v) is 4.84. The molecule has 0 radical (unpaired) electrons. The lowest BCUT2D eigenvalue weighted by atomic mass is 10.0. The van der Waals surface area contributed by atoms with Crippen molar-refractivity contribution in [2.24, 2.45) is 0 Å². The molecule has 0 amide bonds. The van der Waals surface area contributed by atoms with Crippen LogP contribution in [0.5, 0.6) is 5.75 Å². The average molecular weight is 287 g/mol. The molecule has 0 saturated heterocycles. The Balaban J connectivity index is 2.98. The molecule has 0 saturated carbocycles. The van der Waals surface area contributed by atoms with Crippen molar-refractivity contribution in [1.29, 1.82) is 5.26 Å². The number of methoxy groups -OCH3 is 1. The SMILES string of the molecule is CCCC(C)OC(=O)C(C#N)=C(C)c1ccc(OC)cc1. The molecule has 112 valence electrons. The normalized spacial score (nSPS) is 12.9. The van der Waals surface area contributed by atoms with Crippen LogP contribution in [0.25, 0.3) is 5.57 Å². The summed E-state index contributed by atoms with van der Waals surface area (Å²) in [7, 11) is 1.59. The lowest BCUT2D eigenvalue weighted by molar-refractivity contribution is -0.143. The average Bonchev–Trinajstić information content (AvgIpc) is 2.48. The maximum absolute atomic E-state index is 12.1. The summed E-state index contributed by atoms with van der Waals surface area (Å²) in [4.78, 5) is 12.1. The van der Waals surface area contributed by atoms with Gasteiger partial charge in [0.2, 0.25) is 0 Å². The van der Waals surface area contributed by atoms with Gasteiger partial charge in [-0.3, -0.25) is 0 Å². The lowest BCUT2D eigenvalue weighted by Crippen LogP contribution is -2.16. The van der Waals surface area contributed by atoms with E-state index in [0.29, 0.717) is 5.57 Å². The number of carbonyl (C=O) groups excluding carboxylic acids is 1. The van der Waals surface area contributed by atoms with Crippen molar-refractivity contribution in [3.8, 4) is 11.8 Å². The molecule has 0 aromatic heterocycles. The first-order chi connectivity index (χ1) is 10.0. The van der Waals surface area contributed by atoms with Crippen molar-refractivity contribution in [3.63, 3.8) is 0 Å². The number of carbonyl (C=O) groups is 1. The Morgan fingerprint density at radius 2 is 1.95 bits per heavy atom. The summed E-state index contributed by atoms with van der Waals surface area (Å²) in [6.45, 7) is 5.60. The van der Waals surface area contributed by atoms with Gasteiger partial charge in [0.15, 0.2) is 0 Å². The van der Waals surface area contributed by atoms with E-state index in [1.54, 1.807) is 26.2 Å². The largest absolute Gasteiger partial charge is 0.497 e. The Morgan fingerprint density at radius 3 is 2.43 bits per heavy atom.